The van der Waals surface area contributed by atoms with E-state index < -0.39 is 16.0 Å². The predicted octanol–water partition coefficient (Wildman–Crippen LogP) is 3.42. The van der Waals surface area contributed by atoms with E-state index in [9.17, 15) is 13.2 Å². The average molecular weight is 400 g/mol. The number of thiophene rings is 2. The summed E-state index contributed by atoms with van der Waals surface area (Å²) >= 11 is 13.8. The van der Waals surface area contributed by atoms with Gasteiger partial charge in [-0.1, -0.05) is 23.2 Å². The summed E-state index contributed by atoms with van der Waals surface area (Å²) in [7, 11) is -2.39. The fourth-order valence-corrected chi connectivity index (χ4v) is 5.67. The van der Waals surface area contributed by atoms with Crippen LogP contribution in [0.15, 0.2) is 22.4 Å². The largest absolute Gasteiger partial charge is 0.465 e. The molecule has 0 radical (unpaired) electrons. The zero-order valence-electron chi connectivity index (χ0n) is 11.3. The van der Waals surface area contributed by atoms with Crippen molar-refractivity contribution in [2.45, 2.75) is 11.3 Å². The third-order valence-corrected chi connectivity index (χ3v) is 6.83. The highest BCUT2D eigenvalue weighted by Crippen LogP contribution is 2.34. The zero-order valence-corrected chi connectivity index (χ0v) is 15.2. The monoisotopic (exact) mass is 399 g/mol. The van der Waals surface area contributed by atoms with Crippen LogP contribution in [0.4, 0.5) is 0 Å². The molecule has 0 aliphatic carbocycles. The Labute approximate surface area is 145 Å². The molecule has 10 heteroatoms. The number of methoxy groups -OCH3 is 1. The number of nitrogens with one attached hydrogen (secondary N) is 1. The molecule has 0 aliphatic heterocycles. The van der Waals surface area contributed by atoms with Gasteiger partial charge in [-0.2, -0.15) is 0 Å². The number of ether oxygens (including phenoxy) is 1. The molecule has 5 nitrogen and oxygen atoms in total. The first-order chi connectivity index (χ1) is 10.3. The second-order valence-corrected chi connectivity index (χ2v) is 9.08. The summed E-state index contributed by atoms with van der Waals surface area (Å²) in [5.74, 6) is -0.406. The Morgan fingerprint density at radius 2 is 2.09 bits per heavy atom. The zero-order chi connectivity index (χ0) is 16.3. The van der Waals surface area contributed by atoms with Crippen molar-refractivity contribution in [2.75, 3.05) is 13.7 Å². The Morgan fingerprint density at radius 3 is 2.68 bits per heavy atom. The normalized spacial score (nSPS) is 11.6. The van der Waals surface area contributed by atoms with E-state index in [2.05, 4.69) is 9.46 Å². The standard InChI is InChI=1S/C12H11Cl2NO4S3/c1-19-12(16)8-4-7(6-20-8)2-3-15-22(17,18)9-5-10(13)21-11(9)14/h4-6,15H,2-3H2,1H3. The molecule has 0 saturated carbocycles. The summed E-state index contributed by atoms with van der Waals surface area (Å²) in [5, 5.41) is 1.79. The van der Waals surface area contributed by atoms with E-state index in [0.717, 1.165) is 16.9 Å². The van der Waals surface area contributed by atoms with Gasteiger partial charge in [-0.05, 0) is 29.5 Å². The molecule has 0 aliphatic rings. The Kier molecular flexibility index (Phi) is 5.87. The minimum Gasteiger partial charge on any atom is -0.465 e. The number of rotatable bonds is 6. The number of hydrogen-bond donors (Lipinski definition) is 1. The van der Waals surface area contributed by atoms with Gasteiger partial charge >= 0.3 is 5.97 Å². The molecule has 22 heavy (non-hydrogen) atoms. The van der Waals surface area contributed by atoms with E-state index in [1.165, 1.54) is 24.5 Å². The number of carbonyl (C=O) groups excluding carboxylic acids is 1. The molecule has 2 aromatic rings. The van der Waals surface area contributed by atoms with Gasteiger partial charge in [0.05, 0.1) is 11.4 Å². The van der Waals surface area contributed by atoms with E-state index in [1.807, 2.05) is 0 Å². The molecule has 2 heterocycles. The molecule has 0 aromatic carbocycles. The number of esters is 1. The van der Waals surface area contributed by atoms with Gasteiger partial charge in [-0.25, -0.2) is 17.9 Å². The van der Waals surface area contributed by atoms with Crippen molar-refractivity contribution in [3.63, 3.8) is 0 Å². The van der Waals surface area contributed by atoms with Crippen LogP contribution < -0.4 is 4.72 Å². The quantitative estimate of drug-likeness (QED) is 0.755. The number of halogens is 2. The molecular formula is C12H11Cl2NO4S3. The molecule has 120 valence electrons. The Morgan fingerprint density at radius 1 is 1.36 bits per heavy atom. The van der Waals surface area contributed by atoms with Crippen LogP contribution >= 0.6 is 45.9 Å². The molecule has 0 unspecified atom stereocenters. The van der Waals surface area contributed by atoms with Gasteiger partial charge in [-0.3, -0.25) is 0 Å². The molecule has 0 saturated heterocycles. The maximum Gasteiger partial charge on any atom is 0.348 e. The molecule has 0 amide bonds. The lowest BCUT2D eigenvalue weighted by molar-refractivity contribution is 0.0606. The number of sulfonamides is 1. The highest BCUT2D eigenvalue weighted by molar-refractivity contribution is 7.89. The maximum atomic E-state index is 12.1. The lowest BCUT2D eigenvalue weighted by atomic mass is 10.2. The first-order valence-corrected chi connectivity index (χ1v) is 9.87. The maximum absolute atomic E-state index is 12.1. The minimum atomic E-state index is -3.70. The van der Waals surface area contributed by atoms with Crippen LogP contribution in [-0.4, -0.2) is 28.0 Å². The van der Waals surface area contributed by atoms with Crippen LogP contribution in [0.5, 0.6) is 0 Å². The molecule has 0 atom stereocenters. The first kappa shape index (κ1) is 17.7. The molecular weight excluding hydrogens is 389 g/mol. The Hall–Kier alpha value is -0.640. The Balaban J connectivity index is 1.97. The van der Waals surface area contributed by atoms with E-state index in [-0.39, 0.29) is 15.8 Å². The van der Waals surface area contributed by atoms with Crippen LogP contribution in [0.25, 0.3) is 0 Å². The highest BCUT2D eigenvalue weighted by Gasteiger charge is 2.20. The lowest BCUT2D eigenvalue weighted by Gasteiger charge is -2.04. The summed E-state index contributed by atoms with van der Waals surface area (Å²) in [6.07, 6.45) is 0.447. The van der Waals surface area contributed by atoms with Crippen molar-refractivity contribution >= 4 is 61.9 Å². The second-order valence-electron chi connectivity index (χ2n) is 4.15. The van der Waals surface area contributed by atoms with E-state index >= 15 is 0 Å². The lowest BCUT2D eigenvalue weighted by Crippen LogP contribution is -2.25. The predicted molar refractivity (Wildman–Crippen MR) is 88.9 cm³/mol. The van der Waals surface area contributed by atoms with Crippen LogP contribution in [0, 0.1) is 0 Å². The van der Waals surface area contributed by atoms with Gasteiger partial charge in [0.1, 0.15) is 14.1 Å². The summed E-state index contributed by atoms with van der Waals surface area (Å²) in [4.78, 5) is 11.8. The van der Waals surface area contributed by atoms with Gasteiger partial charge in [0.2, 0.25) is 10.0 Å². The van der Waals surface area contributed by atoms with Crippen molar-refractivity contribution in [2.24, 2.45) is 0 Å². The molecule has 2 aromatic heterocycles. The molecule has 1 N–H and O–H groups in total. The van der Waals surface area contributed by atoms with E-state index in [4.69, 9.17) is 23.2 Å². The minimum absolute atomic E-state index is 0.0234. The van der Waals surface area contributed by atoms with Crippen molar-refractivity contribution in [3.05, 3.63) is 36.6 Å². The molecule has 0 fully saturated rings. The van der Waals surface area contributed by atoms with Crippen LogP contribution in [-0.2, 0) is 21.2 Å². The third-order valence-electron chi connectivity index (χ3n) is 2.66. The van der Waals surface area contributed by atoms with Gasteiger partial charge in [0.15, 0.2) is 0 Å². The summed E-state index contributed by atoms with van der Waals surface area (Å²) in [5.41, 5.74) is 0.850. The van der Waals surface area contributed by atoms with E-state index in [1.54, 1.807) is 11.4 Å². The van der Waals surface area contributed by atoms with Gasteiger partial charge in [-0.15, -0.1) is 22.7 Å². The van der Waals surface area contributed by atoms with Gasteiger partial charge in [0, 0.05) is 6.54 Å². The average Bonchev–Trinajstić information content (AvgIpc) is 3.04. The fourth-order valence-electron chi connectivity index (χ4n) is 1.63. The summed E-state index contributed by atoms with van der Waals surface area (Å²) in [6.45, 7) is 0.184. The summed E-state index contributed by atoms with van der Waals surface area (Å²) < 4.78 is 31.7. The third kappa shape index (κ3) is 4.21. The highest BCUT2D eigenvalue weighted by atomic mass is 35.5. The molecule has 2 rings (SSSR count). The number of hydrogen-bond acceptors (Lipinski definition) is 6. The number of carbonyl (C=O) groups is 1. The van der Waals surface area contributed by atoms with Crippen molar-refractivity contribution in [1.82, 2.24) is 4.72 Å². The molecule has 0 spiro atoms. The Bertz CT molecular complexity index is 782. The molecule has 0 bridgehead atoms. The summed E-state index contributed by atoms with van der Waals surface area (Å²) in [6, 6.07) is 3.00. The SMILES string of the molecule is COC(=O)c1cc(CCNS(=O)(=O)c2cc(Cl)sc2Cl)cs1. The van der Waals surface area contributed by atoms with Crippen molar-refractivity contribution < 1.29 is 17.9 Å². The van der Waals surface area contributed by atoms with E-state index in [0.29, 0.717) is 15.6 Å². The topological polar surface area (TPSA) is 72.5 Å². The smallest absolute Gasteiger partial charge is 0.348 e. The van der Waals surface area contributed by atoms with Crippen LogP contribution in [0.3, 0.4) is 0 Å². The van der Waals surface area contributed by atoms with Gasteiger partial charge in [0.25, 0.3) is 0 Å². The van der Waals surface area contributed by atoms with Crippen molar-refractivity contribution in [1.29, 1.82) is 0 Å². The van der Waals surface area contributed by atoms with Crippen LogP contribution in [0.1, 0.15) is 15.2 Å². The van der Waals surface area contributed by atoms with Gasteiger partial charge < -0.3 is 4.74 Å². The second kappa shape index (κ2) is 7.29. The van der Waals surface area contributed by atoms with Crippen molar-refractivity contribution in [3.8, 4) is 0 Å². The fraction of sp³-hybridized carbons (Fsp3) is 0.250. The first-order valence-electron chi connectivity index (χ1n) is 5.93. The van der Waals surface area contributed by atoms with Crippen LogP contribution in [0.2, 0.25) is 8.67 Å².